The van der Waals surface area contributed by atoms with E-state index in [1.54, 1.807) is 9.80 Å². The molecule has 0 spiro atoms. The molecule has 0 aromatic carbocycles. The molecular formula is C23H32Cl2N16O3. The van der Waals surface area contributed by atoms with Crippen molar-refractivity contribution in [2.24, 2.45) is 0 Å². The van der Waals surface area contributed by atoms with Gasteiger partial charge in [0.1, 0.15) is 0 Å². The lowest BCUT2D eigenvalue weighted by molar-refractivity contribution is 0.0962. The van der Waals surface area contributed by atoms with Crippen molar-refractivity contribution >= 4 is 76.2 Å². The zero-order valence-corrected chi connectivity index (χ0v) is 24.8. The molecule has 2 aliphatic rings. The van der Waals surface area contributed by atoms with Crippen LogP contribution in [0.25, 0.3) is 0 Å². The largest absolute Gasteiger partial charge is 0.382 e. The summed E-state index contributed by atoms with van der Waals surface area (Å²) in [5.74, 6) is -2.67. The van der Waals surface area contributed by atoms with Gasteiger partial charge in [-0.3, -0.25) is 31.0 Å². The minimum absolute atomic E-state index is 0.0998. The molecule has 44 heavy (non-hydrogen) atoms. The van der Waals surface area contributed by atoms with Crippen LogP contribution in [0, 0.1) is 10.8 Å². The van der Waals surface area contributed by atoms with Gasteiger partial charge in [-0.05, 0) is 25.7 Å². The van der Waals surface area contributed by atoms with Gasteiger partial charge in [-0.25, -0.2) is 24.7 Å². The monoisotopic (exact) mass is 650 g/mol. The van der Waals surface area contributed by atoms with Crippen LogP contribution in [0.3, 0.4) is 0 Å². The van der Waals surface area contributed by atoms with E-state index in [2.05, 4.69) is 41.2 Å². The summed E-state index contributed by atoms with van der Waals surface area (Å²) in [4.78, 5) is 56.6. The highest BCUT2D eigenvalue weighted by Gasteiger charge is 2.30. The number of nitrogen functional groups attached to an aromatic ring is 4. The number of urea groups is 1. The fourth-order valence-electron chi connectivity index (χ4n) is 4.67. The molecule has 2 saturated heterocycles. The van der Waals surface area contributed by atoms with E-state index in [0.29, 0.717) is 51.9 Å². The van der Waals surface area contributed by atoms with Gasteiger partial charge in [-0.15, -0.1) is 0 Å². The fourth-order valence-corrected chi connectivity index (χ4v) is 4.93. The molecule has 0 aliphatic carbocycles. The molecule has 2 fully saturated rings. The summed E-state index contributed by atoms with van der Waals surface area (Å²) in [5.41, 5.74) is 21.9. The number of hydrogen-bond acceptors (Lipinski definition) is 13. The van der Waals surface area contributed by atoms with Gasteiger partial charge in [-0.1, -0.05) is 23.2 Å². The number of guanidine groups is 2. The summed E-state index contributed by atoms with van der Waals surface area (Å²) in [5, 5.41) is 26.4. The van der Waals surface area contributed by atoms with Gasteiger partial charge < -0.3 is 43.4 Å². The van der Waals surface area contributed by atoms with Crippen LogP contribution in [0.15, 0.2) is 0 Å². The number of hydrogen-bond donors (Lipinski definition) is 10. The number of nitrogens with two attached hydrogens (primary N) is 4. The second-order valence-electron chi connectivity index (χ2n) is 10.0. The highest BCUT2D eigenvalue weighted by atomic mass is 35.5. The highest BCUT2D eigenvalue weighted by Crippen LogP contribution is 2.19. The van der Waals surface area contributed by atoms with Gasteiger partial charge in [0.15, 0.2) is 56.9 Å². The number of amides is 4. The third-order valence-corrected chi connectivity index (χ3v) is 7.50. The zero-order chi connectivity index (χ0) is 32.1. The third-order valence-electron chi connectivity index (χ3n) is 6.94. The normalized spacial score (nSPS) is 15.8. The summed E-state index contributed by atoms with van der Waals surface area (Å²) >= 11 is 11.6. The number of rotatable bonds is 4. The Hall–Kier alpha value is -4.91. The van der Waals surface area contributed by atoms with Crippen molar-refractivity contribution in [3.63, 3.8) is 0 Å². The lowest BCUT2D eigenvalue weighted by atomic mass is 10.0. The van der Waals surface area contributed by atoms with Crippen molar-refractivity contribution in [1.29, 1.82) is 10.8 Å². The number of halogens is 2. The number of anilines is 4. The minimum atomic E-state index is -0.761. The van der Waals surface area contributed by atoms with E-state index in [-0.39, 0.29) is 75.0 Å². The molecule has 2 aromatic rings. The fraction of sp³-hybridized carbons (Fsp3) is 0.435. The van der Waals surface area contributed by atoms with Crippen LogP contribution < -0.4 is 44.2 Å². The Balaban J connectivity index is 1.17. The Morgan fingerprint density at radius 3 is 1.32 bits per heavy atom. The summed E-state index contributed by atoms with van der Waals surface area (Å²) in [6, 6.07) is -0.392. The maximum atomic E-state index is 13.1. The van der Waals surface area contributed by atoms with Crippen molar-refractivity contribution < 1.29 is 14.4 Å². The quantitative estimate of drug-likeness (QED) is 0.143. The molecule has 0 saturated carbocycles. The average molecular weight is 652 g/mol. The highest BCUT2D eigenvalue weighted by molar-refractivity contribution is 6.32. The Kier molecular flexibility index (Phi) is 9.89. The molecule has 0 unspecified atom stereocenters. The van der Waals surface area contributed by atoms with Crippen LogP contribution in [0.5, 0.6) is 0 Å². The van der Waals surface area contributed by atoms with E-state index in [4.69, 9.17) is 57.0 Å². The lowest BCUT2D eigenvalue weighted by Gasteiger charge is -2.39. The second kappa shape index (κ2) is 13.6. The molecule has 4 amide bonds. The van der Waals surface area contributed by atoms with Gasteiger partial charge >= 0.3 is 6.03 Å². The Labute approximate surface area is 260 Å². The summed E-state index contributed by atoms with van der Waals surface area (Å²) < 4.78 is 0. The number of aromatic nitrogens is 4. The number of carbonyl (C=O) groups excluding carboxylic acids is 3. The lowest BCUT2D eigenvalue weighted by Crippen LogP contribution is -2.55. The molecule has 4 heterocycles. The molecule has 21 heteroatoms. The Bertz CT molecular complexity index is 1370. The second-order valence-corrected chi connectivity index (χ2v) is 10.7. The van der Waals surface area contributed by atoms with Crippen LogP contribution in [0.2, 0.25) is 10.3 Å². The first-order chi connectivity index (χ1) is 20.8. The molecule has 14 N–H and O–H groups in total. The summed E-state index contributed by atoms with van der Waals surface area (Å²) in [6.07, 6.45) is 2.23. The first-order valence-electron chi connectivity index (χ1n) is 13.4. The number of nitrogens with zero attached hydrogens (tertiary/aromatic N) is 6. The van der Waals surface area contributed by atoms with Crippen LogP contribution in [-0.2, 0) is 0 Å². The van der Waals surface area contributed by atoms with Crippen molar-refractivity contribution in [3.05, 3.63) is 21.7 Å². The molecule has 236 valence electrons. The minimum Gasteiger partial charge on any atom is -0.382 e. The SMILES string of the molecule is N=C(NC(=O)c1nc(Cl)c(N)nc1N)NC1CCN(C(=O)N2CCC(NC(=N)NC(=O)c3nc(Cl)c(N)nc3N)CC2)CC1. The van der Waals surface area contributed by atoms with E-state index in [1.807, 2.05) is 0 Å². The molecule has 0 bridgehead atoms. The van der Waals surface area contributed by atoms with Crippen LogP contribution >= 0.6 is 23.2 Å². The zero-order valence-electron chi connectivity index (χ0n) is 23.3. The molecule has 0 atom stereocenters. The number of nitrogens with one attached hydrogen (secondary N) is 6. The van der Waals surface area contributed by atoms with Crippen molar-refractivity contribution in [2.45, 2.75) is 37.8 Å². The van der Waals surface area contributed by atoms with Crippen molar-refractivity contribution in [3.8, 4) is 0 Å². The van der Waals surface area contributed by atoms with Crippen LogP contribution in [0.4, 0.5) is 28.1 Å². The van der Waals surface area contributed by atoms with Crippen molar-refractivity contribution in [1.82, 2.24) is 51.0 Å². The van der Waals surface area contributed by atoms with Gasteiger partial charge in [0, 0.05) is 38.3 Å². The molecule has 2 aliphatic heterocycles. The van der Waals surface area contributed by atoms with E-state index < -0.39 is 11.8 Å². The maximum Gasteiger partial charge on any atom is 0.320 e. The third kappa shape index (κ3) is 7.72. The van der Waals surface area contributed by atoms with Gasteiger partial charge in [0.05, 0.1) is 0 Å². The van der Waals surface area contributed by atoms with E-state index in [9.17, 15) is 14.4 Å². The van der Waals surface area contributed by atoms with Crippen LogP contribution in [0.1, 0.15) is 46.7 Å². The summed E-state index contributed by atoms with van der Waals surface area (Å²) in [7, 11) is 0. The number of piperidine rings is 2. The predicted octanol–water partition coefficient (Wildman–Crippen LogP) is -0.840. The topological polar surface area (TPSA) is 309 Å². The Morgan fingerprint density at radius 2 is 0.977 bits per heavy atom. The molecule has 19 nitrogen and oxygen atoms in total. The predicted molar refractivity (Wildman–Crippen MR) is 163 cm³/mol. The number of carbonyl (C=O) groups is 3. The first-order valence-corrected chi connectivity index (χ1v) is 14.1. The Morgan fingerprint density at radius 1 is 0.636 bits per heavy atom. The van der Waals surface area contributed by atoms with E-state index in [0.717, 1.165) is 0 Å². The first kappa shape index (κ1) is 32.0. The van der Waals surface area contributed by atoms with E-state index in [1.165, 1.54) is 0 Å². The molecule has 0 radical (unpaired) electrons. The van der Waals surface area contributed by atoms with Gasteiger partial charge in [0.25, 0.3) is 11.8 Å². The smallest absolute Gasteiger partial charge is 0.320 e. The average Bonchev–Trinajstić information content (AvgIpc) is 2.97. The van der Waals surface area contributed by atoms with Crippen LogP contribution in [-0.4, -0.2) is 97.8 Å². The van der Waals surface area contributed by atoms with Crippen molar-refractivity contribution in [2.75, 3.05) is 49.1 Å². The molecule has 2 aromatic heterocycles. The van der Waals surface area contributed by atoms with Gasteiger partial charge in [-0.2, -0.15) is 0 Å². The van der Waals surface area contributed by atoms with Gasteiger partial charge in [0.2, 0.25) is 0 Å². The van der Waals surface area contributed by atoms with E-state index >= 15 is 0 Å². The summed E-state index contributed by atoms with van der Waals surface area (Å²) in [6.45, 7) is 1.83. The number of likely N-dealkylation sites (tertiary alicyclic amines) is 2. The molecule has 4 rings (SSSR count). The standard InChI is InChI=1S/C23H32Cl2N16O3/c24-13-17(28)36-15(26)11(34-13)19(42)38-21(30)32-9-1-5-40(6-2-9)23(44)41-7-3-10(4-8-41)33-22(31)39-20(43)12-16(27)37-18(29)14(25)35-12/h9-10H,1-8H2,(H4,26,28,36)(H4,27,29,37)(H3,30,32,38,42)(H3,31,33,39,43). The maximum absolute atomic E-state index is 13.1. The molecular weight excluding hydrogens is 619 g/mol.